The number of esters is 1. The number of nitrogens with zero attached hydrogens (tertiary/aromatic N) is 1. The van der Waals surface area contributed by atoms with Crippen LogP contribution >= 0.6 is 11.6 Å². The largest absolute Gasteiger partial charge is 0.467 e. The van der Waals surface area contributed by atoms with Crippen molar-refractivity contribution in [3.63, 3.8) is 0 Å². The van der Waals surface area contributed by atoms with Crippen LogP contribution in [0.15, 0.2) is 4.52 Å². The van der Waals surface area contributed by atoms with E-state index < -0.39 is 12.0 Å². The van der Waals surface area contributed by atoms with Crippen molar-refractivity contribution in [3.05, 3.63) is 16.5 Å². The van der Waals surface area contributed by atoms with Crippen LogP contribution in [0.1, 0.15) is 44.4 Å². The maximum Gasteiger partial charge on any atom is 0.328 e. The van der Waals surface area contributed by atoms with Crippen LogP contribution in [0.4, 0.5) is 0 Å². The highest BCUT2D eigenvalue weighted by molar-refractivity contribution is 6.29. The Balaban J connectivity index is 2.65. The molecule has 1 N–H and O–H groups in total. The van der Waals surface area contributed by atoms with Crippen LogP contribution in [-0.2, 0) is 20.7 Å². The minimum atomic E-state index is -0.619. The lowest BCUT2D eigenvalue weighted by atomic mass is 9.94. The molecule has 1 aromatic heterocycles. The average Bonchev–Trinajstić information content (AvgIpc) is 2.83. The fraction of sp³-hybridized carbons (Fsp3) is 0.667. The summed E-state index contributed by atoms with van der Waals surface area (Å²) < 4.78 is 9.63. The average molecular weight is 331 g/mol. The number of hydrogen-bond acceptors (Lipinski definition) is 5. The number of carbonyl (C=O) groups is 2. The van der Waals surface area contributed by atoms with E-state index in [-0.39, 0.29) is 23.5 Å². The summed E-state index contributed by atoms with van der Waals surface area (Å²) >= 11 is 5.87. The Bertz CT molecular complexity index is 492. The molecule has 0 aliphatic carbocycles. The number of nitrogens with one attached hydrogen (secondary N) is 1. The fourth-order valence-electron chi connectivity index (χ4n) is 2.38. The molecule has 22 heavy (non-hydrogen) atoms. The number of aromatic nitrogens is 1. The molecule has 124 valence electrons. The molecule has 0 aliphatic rings. The van der Waals surface area contributed by atoms with Gasteiger partial charge in [0.15, 0.2) is 0 Å². The Morgan fingerprint density at radius 1 is 1.36 bits per heavy atom. The number of methoxy groups -OCH3 is 1. The van der Waals surface area contributed by atoms with Gasteiger partial charge in [0.2, 0.25) is 11.1 Å². The van der Waals surface area contributed by atoms with E-state index in [1.807, 2.05) is 13.8 Å². The Hall–Kier alpha value is -1.56. The zero-order valence-corrected chi connectivity index (χ0v) is 14.2. The summed E-state index contributed by atoms with van der Waals surface area (Å²) in [6, 6.07) is -0.619. The Morgan fingerprint density at radius 3 is 2.45 bits per heavy atom. The van der Waals surface area contributed by atoms with Gasteiger partial charge in [-0.05, 0) is 30.9 Å². The van der Waals surface area contributed by atoms with Crippen LogP contribution in [0.25, 0.3) is 0 Å². The third-order valence-electron chi connectivity index (χ3n) is 3.83. The monoisotopic (exact) mass is 330 g/mol. The first-order valence-electron chi connectivity index (χ1n) is 7.42. The van der Waals surface area contributed by atoms with Gasteiger partial charge in [-0.2, -0.15) is 0 Å². The second-order valence-electron chi connectivity index (χ2n) is 5.17. The minimum Gasteiger partial charge on any atom is -0.467 e. The molecule has 1 amide bonds. The van der Waals surface area contributed by atoms with E-state index in [9.17, 15) is 9.59 Å². The van der Waals surface area contributed by atoms with Crippen LogP contribution in [0.3, 0.4) is 0 Å². The first-order chi connectivity index (χ1) is 10.4. The molecule has 7 heteroatoms. The maximum atomic E-state index is 12.1. The molecule has 1 aromatic rings. The number of ether oxygens (including phenoxy) is 1. The van der Waals surface area contributed by atoms with Crippen molar-refractivity contribution in [2.75, 3.05) is 7.11 Å². The van der Waals surface area contributed by atoms with Gasteiger partial charge in [0.1, 0.15) is 6.04 Å². The first kappa shape index (κ1) is 18.5. The van der Waals surface area contributed by atoms with Gasteiger partial charge in [0.25, 0.3) is 0 Å². The molecule has 0 saturated heterocycles. The minimum absolute atomic E-state index is 0.0531. The van der Waals surface area contributed by atoms with Gasteiger partial charge < -0.3 is 14.6 Å². The van der Waals surface area contributed by atoms with Gasteiger partial charge in [-0.3, -0.25) is 4.79 Å². The third kappa shape index (κ3) is 4.73. The Morgan fingerprint density at radius 2 is 2.00 bits per heavy atom. The molecule has 0 radical (unpaired) electrons. The van der Waals surface area contributed by atoms with Gasteiger partial charge in [-0.15, -0.1) is 0 Å². The molecule has 0 unspecified atom stereocenters. The van der Waals surface area contributed by atoms with Crippen molar-refractivity contribution in [2.45, 2.75) is 52.5 Å². The fourth-order valence-corrected chi connectivity index (χ4v) is 2.65. The predicted octanol–water partition coefficient (Wildman–Crippen LogP) is 2.66. The van der Waals surface area contributed by atoms with E-state index in [1.54, 1.807) is 6.92 Å². The maximum absolute atomic E-state index is 12.1. The number of aryl methyl sites for hydroxylation is 1. The standard InChI is InChI=1S/C15H23ClN2O4/c1-5-10(6-2)13(15(20)21-4)17-12(19)8-7-11-9(3)18-22-14(11)16/h10,13H,5-8H2,1-4H3,(H,17,19)/t13-/m1/s1. The van der Waals surface area contributed by atoms with Crippen LogP contribution in [0.5, 0.6) is 0 Å². The summed E-state index contributed by atoms with van der Waals surface area (Å²) in [6.07, 6.45) is 2.19. The van der Waals surface area contributed by atoms with Crippen molar-refractivity contribution in [1.29, 1.82) is 0 Å². The smallest absolute Gasteiger partial charge is 0.328 e. The highest BCUT2D eigenvalue weighted by Gasteiger charge is 2.28. The number of hydrogen-bond donors (Lipinski definition) is 1. The lowest BCUT2D eigenvalue weighted by Crippen LogP contribution is -2.46. The van der Waals surface area contributed by atoms with Crippen LogP contribution in [0, 0.1) is 12.8 Å². The van der Waals surface area contributed by atoms with E-state index in [4.69, 9.17) is 20.9 Å². The predicted molar refractivity (Wildman–Crippen MR) is 82.6 cm³/mol. The molecule has 0 spiro atoms. The summed E-state index contributed by atoms with van der Waals surface area (Å²) in [5.41, 5.74) is 1.39. The summed E-state index contributed by atoms with van der Waals surface area (Å²) in [5, 5.41) is 6.71. The zero-order chi connectivity index (χ0) is 16.7. The van der Waals surface area contributed by atoms with Gasteiger partial charge >= 0.3 is 5.97 Å². The molecule has 0 saturated carbocycles. The molecule has 0 fully saturated rings. The van der Waals surface area contributed by atoms with E-state index >= 15 is 0 Å². The summed E-state index contributed by atoms with van der Waals surface area (Å²) in [4.78, 5) is 24.0. The SMILES string of the molecule is CCC(CC)[C@@H](NC(=O)CCc1c(C)noc1Cl)C(=O)OC. The molecule has 0 aliphatic heterocycles. The highest BCUT2D eigenvalue weighted by Crippen LogP contribution is 2.21. The number of rotatable bonds is 8. The summed E-state index contributed by atoms with van der Waals surface area (Å²) in [7, 11) is 1.32. The molecule has 6 nitrogen and oxygen atoms in total. The number of halogens is 1. The lowest BCUT2D eigenvalue weighted by Gasteiger charge is -2.24. The van der Waals surface area contributed by atoms with Crippen molar-refractivity contribution < 1.29 is 18.8 Å². The topological polar surface area (TPSA) is 81.4 Å². The lowest BCUT2D eigenvalue weighted by molar-refractivity contribution is -0.146. The van der Waals surface area contributed by atoms with Crippen molar-refractivity contribution in [3.8, 4) is 0 Å². The number of carbonyl (C=O) groups excluding carboxylic acids is 2. The molecule has 1 rings (SSSR count). The Labute approximate surface area is 135 Å². The van der Waals surface area contributed by atoms with E-state index in [0.29, 0.717) is 17.7 Å². The normalized spacial score (nSPS) is 12.3. The molecule has 0 aromatic carbocycles. The zero-order valence-electron chi connectivity index (χ0n) is 13.4. The second kappa shape index (κ2) is 8.78. The summed E-state index contributed by atoms with van der Waals surface area (Å²) in [5.74, 6) is -0.586. The molecule has 1 atom stereocenters. The Kier molecular flexibility index (Phi) is 7.38. The third-order valence-corrected chi connectivity index (χ3v) is 4.13. The van der Waals surface area contributed by atoms with E-state index in [1.165, 1.54) is 7.11 Å². The van der Waals surface area contributed by atoms with Crippen LogP contribution in [0.2, 0.25) is 5.22 Å². The first-order valence-corrected chi connectivity index (χ1v) is 7.80. The highest BCUT2D eigenvalue weighted by atomic mass is 35.5. The van der Waals surface area contributed by atoms with Crippen LogP contribution in [-0.4, -0.2) is 30.2 Å². The molecule has 0 bridgehead atoms. The van der Waals surface area contributed by atoms with E-state index in [2.05, 4.69) is 10.5 Å². The van der Waals surface area contributed by atoms with E-state index in [0.717, 1.165) is 12.8 Å². The summed E-state index contributed by atoms with van der Waals surface area (Å²) in [6.45, 7) is 5.73. The van der Waals surface area contributed by atoms with Crippen molar-refractivity contribution >= 4 is 23.5 Å². The molecular weight excluding hydrogens is 308 g/mol. The van der Waals surface area contributed by atoms with Crippen molar-refractivity contribution in [1.82, 2.24) is 10.5 Å². The molecule has 1 heterocycles. The quantitative estimate of drug-likeness (QED) is 0.741. The van der Waals surface area contributed by atoms with Gasteiger partial charge in [-0.25, -0.2) is 4.79 Å². The van der Waals surface area contributed by atoms with Gasteiger partial charge in [0, 0.05) is 12.0 Å². The van der Waals surface area contributed by atoms with Gasteiger partial charge in [0.05, 0.1) is 12.8 Å². The van der Waals surface area contributed by atoms with Crippen molar-refractivity contribution in [2.24, 2.45) is 5.92 Å². The molecular formula is C15H23ClN2O4. The second-order valence-corrected chi connectivity index (χ2v) is 5.51. The van der Waals surface area contributed by atoms with Crippen LogP contribution < -0.4 is 5.32 Å². The number of amides is 1. The van der Waals surface area contributed by atoms with Gasteiger partial charge in [-0.1, -0.05) is 31.8 Å².